The van der Waals surface area contributed by atoms with Crippen LogP contribution in [0.25, 0.3) is 0 Å². The zero-order valence-corrected chi connectivity index (χ0v) is 12.2. The van der Waals surface area contributed by atoms with Crippen molar-refractivity contribution in [3.05, 3.63) is 24.3 Å². The largest absolute Gasteiger partial charge is 0.492 e. The summed E-state index contributed by atoms with van der Waals surface area (Å²) in [6.45, 7) is 2.31. The average molecular weight is 301 g/mol. The summed E-state index contributed by atoms with van der Waals surface area (Å²) < 4.78 is 29.6. The number of sulfonamides is 1. The van der Waals surface area contributed by atoms with E-state index in [-0.39, 0.29) is 0 Å². The number of nitrogens with one attached hydrogen (secondary N) is 2. The summed E-state index contributed by atoms with van der Waals surface area (Å²) in [4.78, 5) is 11.8. The van der Waals surface area contributed by atoms with Gasteiger partial charge in [0.2, 0.25) is 15.9 Å². The van der Waals surface area contributed by atoms with Crippen LogP contribution in [0.2, 0.25) is 0 Å². The monoisotopic (exact) mass is 301 g/mol. The van der Waals surface area contributed by atoms with E-state index in [1.807, 2.05) is 0 Å². The lowest BCUT2D eigenvalue weighted by Gasteiger charge is -2.13. The van der Waals surface area contributed by atoms with Gasteiger partial charge in [-0.2, -0.15) is 0 Å². The number of rotatable bonds is 7. The van der Waals surface area contributed by atoms with Gasteiger partial charge in [0.1, 0.15) is 12.4 Å². The molecule has 112 valence electrons. The van der Waals surface area contributed by atoms with E-state index >= 15 is 0 Å². The predicted molar refractivity (Wildman–Crippen MR) is 77.1 cm³/mol. The molecule has 0 radical (unpaired) electrons. The number of anilines is 1. The van der Waals surface area contributed by atoms with E-state index in [1.165, 1.54) is 6.92 Å². The minimum atomic E-state index is -3.42. The third-order valence-electron chi connectivity index (χ3n) is 2.29. The van der Waals surface area contributed by atoms with Crippen molar-refractivity contribution in [2.75, 3.05) is 24.7 Å². The molecule has 0 saturated heterocycles. The van der Waals surface area contributed by atoms with Crippen LogP contribution in [0, 0.1) is 0 Å². The van der Waals surface area contributed by atoms with Gasteiger partial charge in [-0.25, -0.2) is 13.1 Å². The number of amides is 1. The first-order valence-corrected chi connectivity index (χ1v) is 7.92. The molecule has 1 aromatic carbocycles. The zero-order valence-electron chi connectivity index (χ0n) is 11.4. The normalized spacial score (nSPS) is 12.8. The van der Waals surface area contributed by atoms with E-state index in [0.717, 1.165) is 6.26 Å². The topological polar surface area (TPSA) is 111 Å². The number of nitrogens with two attached hydrogens (primary N) is 1. The fourth-order valence-corrected chi connectivity index (χ4v) is 2.19. The lowest BCUT2D eigenvalue weighted by molar-refractivity contribution is -0.117. The van der Waals surface area contributed by atoms with Gasteiger partial charge in [0.15, 0.2) is 0 Å². The number of carbonyl (C=O) groups excluding carboxylic acids is 1. The number of hydrogen-bond donors (Lipinski definition) is 3. The Balaban J connectivity index is 2.57. The first-order valence-electron chi connectivity index (χ1n) is 6.03. The minimum Gasteiger partial charge on any atom is -0.492 e. The van der Waals surface area contributed by atoms with Crippen molar-refractivity contribution >= 4 is 21.6 Å². The summed E-state index contributed by atoms with van der Waals surface area (Å²) in [5.74, 6) is 0.210. The summed E-state index contributed by atoms with van der Waals surface area (Å²) in [5.41, 5.74) is 5.87. The first-order chi connectivity index (χ1) is 9.31. The van der Waals surface area contributed by atoms with Crippen molar-refractivity contribution in [3.8, 4) is 5.75 Å². The van der Waals surface area contributed by atoms with E-state index in [4.69, 9.17) is 10.5 Å². The molecule has 0 heterocycles. The van der Waals surface area contributed by atoms with Gasteiger partial charge in [0, 0.05) is 12.2 Å². The molecule has 0 aliphatic rings. The maximum absolute atomic E-state index is 11.8. The molecule has 1 rings (SSSR count). The van der Waals surface area contributed by atoms with Crippen LogP contribution in [0.4, 0.5) is 5.69 Å². The second-order valence-electron chi connectivity index (χ2n) is 4.26. The van der Waals surface area contributed by atoms with Gasteiger partial charge in [0.25, 0.3) is 0 Å². The SMILES string of the molecule is CC(NS(C)(=O)=O)C(=O)Nc1ccc(OCCN)cc1. The van der Waals surface area contributed by atoms with Crippen LogP contribution in [0.1, 0.15) is 6.92 Å². The van der Waals surface area contributed by atoms with Crippen molar-refractivity contribution in [2.24, 2.45) is 5.73 Å². The molecule has 0 bridgehead atoms. The van der Waals surface area contributed by atoms with Crippen LogP contribution < -0.4 is 20.5 Å². The maximum atomic E-state index is 11.8. The summed E-state index contributed by atoms with van der Waals surface area (Å²) >= 11 is 0. The third kappa shape index (κ3) is 6.00. The average Bonchev–Trinajstić information content (AvgIpc) is 2.36. The van der Waals surface area contributed by atoms with Gasteiger partial charge in [0.05, 0.1) is 12.3 Å². The highest BCUT2D eigenvalue weighted by atomic mass is 32.2. The lowest BCUT2D eigenvalue weighted by atomic mass is 10.2. The van der Waals surface area contributed by atoms with Crippen LogP contribution >= 0.6 is 0 Å². The quantitative estimate of drug-likeness (QED) is 0.651. The Morgan fingerprint density at radius 1 is 1.35 bits per heavy atom. The Bertz CT molecular complexity index is 542. The Labute approximate surface area is 118 Å². The highest BCUT2D eigenvalue weighted by Crippen LogP contribution is 2.15. The van der Waals surface area contributed by atoms with E-state index < -0.39 is 22.0 Å². The Morgan fingerprint density at radius 2 is 1.95 bits per heavy atom. The molecular weight excluding hydrogens is 282 g/mol. The fraction of sp³-hybridized carbons (Fsp3) is 0.417. The van der Waals surface area contributed by atoms with Crippen molar-refractivity contribution in [1.82, 2.24) is 4.72 Å². The van der Waals surface area contributed by atoms with E-state index in [1.54, 1.807) is 24.3 Å². The van der Waals surface area contributed by atoms with Crippen LogP contribution in [0.3, 0.4) is 0 Å². The van der Waals surface area contributed by atoms with Crippen LogP contribution in [-0.4, -0.2) is 39.8 Å². The zero-order chi connectivity index (χ0) is 15.2. The Morgan fingerprint density at radius 3 is 2.45 bits per heavy atom. The number of carbonyl (C=O) groups is 1. The van der Waals surface area contributed by atoms with Crippen LogP contribution in [-0.2, 0) is 14.8 Å². The second kappa shape index (κ2) is 7.22. The summed E-state index contributed by atoms with van der Waals surface area (Å²) in [6.07, 6.45) is 1.00. The summed E-state index contributed by atoms with van der Waals surface area (Å²) in [7, 11) is -3.42. The van der Waals surface area contributed by atoms with Crippen molar-refractivity contribution < 1.29 is 17.9 Å². The van der Waals surface area contributed by atoms with Crippen LogP contribution in [0.15, 0.2) is 24.3 Å². The molecule has 1 aromatic rings. The third-order valence-corrected chi connectivity index (χ3v) is 3.07. The lowest BCUT2D eigenvalue weighted by Crippen LogP contribution is -2.40. The summed E-state index contributed by atoms with van der Waals surface area (Å²) in [5, 5.41) is 2.60. The fourth-order valence-electron chi connectivity index (χ4n) is 1.44. The molecule has 4 N–H and O–H groups in total. The maximum Gasteiger partial charge on any atom is 0.242 e. The van der Waals surface area contributed by atoms with Gasteiger partial charge >= 0.3 is 0 Å². The smallest absolute Gasteiger partial charge is 0.242 e. The van der Waals surface area contributed by atoms with Gasteiger partial charge in [-0.1, -0.05) is 0 Å². The molecule has 0 fully saturated rings. The molecule has 1 amide bonds. The molecule has 1 atom stereocenters. The van der Waals surface area contributed by atoms with Crippen LogP contribution in [0.5, 0.6) is 5.75 Å². The van der Waals surface area contributed by atoms with E-state index in [0.29, 0.717) is 24.6 Å². The standard InChI is InChI=1S/C12H19N3O4S/c1-9(15-20(2,17)18)12(16)14-10-3-5-11(6-4-10)19-8-7-13/h3-6,9,15H,7-8,13H2,1-2H3,(H,14,16). The predicted octanol–water partition coefficient (Wildman–Crippen LogP) is -0.0997. The molecule has 0 aromatic heterocycles. The number of ether oxygens (including phenoxy) is 1. The highest BCUT2D eigenvalue weighted by Gasteiger charge is 2.16. The van der Waals surface area contributed by atoms with Crippen molar-refractivity contribution in [3.63, 3.8) is 0 Å². The van der Waals surface area contributed by atoms with E-state index in [2.05, 4.69) is 10.0 Å². The van der Waals surface area contributed by atoms with Crippen molar-refractivity contribution in [2.45, 2.75) is 13.0 Å². The summed E-state index contributed by atoms with van der Waals surface area (Å²) in [6, 6.07) is 5.87. The molecule has 20 heavy (non-hydrogen) atoms. The first kappa shape index (κ1) is 16.4. The molecule has 0 aliphatic heterocycles. The van der Waals surface area contributed by atoms with Crippen molar-refractivity contribution in [1.29, 1.82) is 0 Å². The highest BCUT2D eigenvalue weighted by molar-refractivity contribution is 7.88. The molecule has 0 aliphatic carbocycles. The van der Waals surface area contributed by atoms with E-state index in [9.17, 15) is 13.2 Å². The molecule has 0 saturated carbocycles. The Hall–Kier alpha value is -1.64. The molecule has 0 spiro atoms. The number of benzene rings is 1. The number of hydrogen-bond acceptors (Lipinski definition) is 5. The van der Waals surface area contributed by atoms with Gasteiger partial charge < -0.3 is 15.8 Å². The molecule has 7 nitrogen and oxygen atoms in total. The van der Waals surface area contributed by atoms with Gasteiger partial charge in [-0.15, -0.1) is 0 Å². The van der Waals surface area contributed by atoms with Gasteiger partial charge in [-0.3, -0.25) is 4.79 Å². The minimum absolute atomic E-state index is 0.418. The van der Waals surface area contributed by atoms with Gasteiger partial charge in [-0.05, 0) is 31.2 Å². The molecular formula is C12H19N3O4S. The molecule has 8 heteroatoms. The Kier molecular flexibility index (Phi) is 5.93. The second-order valence-corrected chi connectivity index (χ2v) is 6.04. The molecule has 1 unspecified atom stereocenters.